The predicted molar refractivity (Wildman–Crippen MR) is 132 cm³/mol. The zero-order valence-corrected chi connectivity index (χ0v) is 19.4. The van der Waals surface area contributed by atoms with Crippen molar-refractivity contribution in [3.8, 4) is 0 Å². The fourth-order valence-corrected chi connectivity index (χ4v) is 6.13. The molecule has 1 aromatic carbocycles. The minimum absolute atomic E-state index is 0.104. The Morgan fingerprint density at radius 1 is 1.30 bits per heavy atom. The third-order valence-electron chi connectivity index (χ3n) is 6.72. The minimum atomic E-state index is 0.104. The second-order valence-electron chi connectivity index (χ2n) is 8.75. The first-order chi connectivity index (χ1) is 14.6. The van der Waals surface area contributed by atoms with Crippen molar-refractivity contribution in [3.63, 3.8) is 0 Å². The van der Waals surface area contributed by atoms with Crippen LogP contribution in [0.25, 0.3) is 5.70 Å². The molecule has 1 unspecified atom stereocenters. The van der Waals surface area contributed by atoms with Gasteiger partial charge in [0.1, 0.15) is 0 Å². The molecular formula is C26H35N3S. The van der Waals surface area contributed by atoms with E-state index in [4.69, 9.17) is 4.99 Å². The zero-order valence-electron chi connectivity index (χ0n) is 18.6. The maximum absolute atomic E-state index is 5.32. The monoisotopic (exact) mass is 421 g/mol. The topological polar surface area (TPSA) is 27.6 Å². The summed E-state index contributed by atoms with van der Waals surface area (Å²) in [7, 11) is 0. The molecule has 2 heterocycles. The first kappa shape index (κ1) is 21.5. The Balaban J connectivity index is 1.81. The number of nitrogens with zero attached hydrogens (tertiary/aromatic N) is 2. The largest absolute Gasteiger partial charge is 0.317 e. The van der Waals surface area contributed by atoms with Crippen LogP contribution in [0.15, 0.2) is 53.7 Å². The van der Waals surface area contributed by atoms with Gasteiger partial charge in [-0.25, -0.2) is 4.99 Å². The van der Waals surface area contributed by atoms with Crippen LogP contribution < -0.4 is 5.32 Å². The number of nitrogens with one attached hydrogen (secondary N) is 1. The number of rotatable bonds is 7. The number of unbranched alkanes of at least 4 members (excludes halogenated alkanes) is 2. The second-order valence-corrected chi connectivity index (χ2v) is 9.81. The smallest absolute Gasteiger partial charge is 0.169 e. The van der Waals surface area contributed by atoms with Crippen LogP contribution in [0.3, 0.4) is 0 Å². The van der Waals surface area contributed by atoms with E-state index >= 15 is 0 Å². The van der Waals surface area contributed by atoms with Gasteiger partial charge in [-0.2, -0.15) is 0 Å². The molecule has 1 N–H and O–H groups in total. The van der Waals surface area contributed by atoms with Gasteiger partial charge in [-0.1, -0.05) is 69.3 Å². The highest BCUT2D eigenvalue weighted by atomic mass is 32.2. The highest BCUT2D eigenvalue weighted by molar-refractivity contribution is 8.13. The summed E-state index contributed by atoms with van der Waals surface area (Å²) in [6.07, 6.45) is 9.02. The van der Waals surface area contributed by atoms with Gasteiger partial charge in [0.15, 0.2) is 5.17 Å². The van der Waals surface area contributed by atoms with Gasteiger partial charge in [0, 0.05) is 41.1 Å². The number of aliphatic imine (C=N–C) groups is 1. The highest BCUT2D eigenvalue weighted by Crippen LogP contribution is 2.52. The van der Waals surface area contributed by atoms with Crippen LogP contribution in [0.2, 0.25) is 0 Å². The van der Waals surface area contributed by atoms with Gasteiger partial charge in [-0.15, -0.1) is 6.58 Å². The van der Waals surface area contributed by atoms with Gasteiger partial charge in [0.25, 0.3) is 0 Å². The lowest BCUT2D eigenvalue weighted by Crippen LogP contribution is -2.41. The summed E-state index contributed by atoms with van der Waals surface area (Å²) in [6, 6.07) is 7.00. The summed E-state index contributed by atoms with van der Waals surface area (Å²) in [5.41, 5.74) is 7.96. The summed E-state index contributed by atoms with van der Waals surface area (Å²) in [5, 5.41) is 4.72. The fraction of sp³-hybridized carbons (Fsp3) is 0.500. The van der Waals surface area contributed by atoms with E-state index in [2.05, 4.69) is 55.4 Å². The van der Waals surface area contributed by atoms with E-state index in [1.165, 1.54) is 47.2 Å². The Labute approximate surface area is 186 Å². The molecule has 2 aliphatic heterocycles. The Morgan fingerprint density at radius 3 is 2.87 bits per heavy atom. The van der Waals surface area contributed by atoms with Crippen molar-refractivity contribution in [3.05, 3.63) is 65.4 Å². The van der Waals surface area contributed by atoms with E-state index in [-0.39, 0.29) is 5.41 Å². The van der Waals surface area contributed by atoms with E-state index in [1.54, 1.807) is 0 Å². The lowest BCUT2D eigenvalue weighted by molar-refractivity contribution is 0.374. The highest BCUT2D eigenvalue weighted by Gasteiger charge is 2.46. The molecular weight excluding hydrogens is 386 g/mol. The SMILES string of the molecule is C=CCN1C(=C)C2=C(N=C1SCCCCC)c1ccc(CC)cc1CC21CCNC1. The predicted octanol–water partition coefficient (Wildman–Crippen LogP) is 5.79. The van der Waals surface area contributed by atoms with Crippen molar-refractivity contribution in [2.75, 3.05) is 25.4 Å². The number of hydrogen-bond acceptors (Lipinski definition) is 4. The average Bonchev–Trinajstić information content (AvgIpc) is 3.21. The van der Waals surface area contributed by atoms with Crippen molar-refractivity contribution in [2.24, 2.45) is 10.4 Å². The van der Waals surface area contributed by atoms with Gasteiger partial charge in [-0.05, 0) is 43.4 Å². The van der Waals surface area contributed by atoms with Crippen LogP contribution in [0.5, 0.6) is 0 Å². The van der Waals surface area contributed by atoms with E-state index in [1.807, 2.05) is 17.8 Å². The summed E-state index contributed by atoms with van der Waals surface area (Å²) in [6.45, 7) is 16.0. The van der Waals surface area contributed by atoms with Gasteiger partial charge in [-0.3, -0.25) is 0 Å². The Hall–Kier alpha value is -1.78. The molecule has 0 bridgehead atoms. The molecule has 30 heavy (non-hydrogen) atoms. The van der Waals surface area contributed by atoms with Crippen LogP contribution in [0.1, 0.15) is 56.2 Å². The van der Waals surface area contributed by atoms with Gasteiger partial charge >= 0.3 is 0 Å². The molecule has 1 fully saturated rings. The molecule has 1 aliphatic carbocycles. The van der Waals surface area contributed by atoms with Crippen LogP contribution in [-0.2, 0) is 12.8 Å². The van der Waals surface area contributed by atoms with Crippen molar-refractivity contribution in [1.82, 2.24) is 10.2 Å². The van der Waals surface area contributed by atoms with E-state index in [9.17, 15) is 0 Å². The number of amidine groups is 1. The summed E-state index contributed by atoms with van der Waals surface area (Å²) in [4.78, 5) is 7.62. The number of fused-ring (bicyclic) bond motifs is 3. The molecule has 160 valence electrons. The molecule has 0 amide bonds. The molecule has 1 spiro atoms. The molecule has 1 atom stereocenters. The van der Waals surface area contributed by atoms with Crippen molar-refractivity contribution in [2.45, 2.75) is 52.4 Å². The lowest BCUT2D eigenvalue weighted by atomic mass is 9.67. The fourth-order valence-electron chi connectivity index (χ4n) is 5.10. The molecule has 3 nitrogen and oxygen atoms in total. The molecule has 0 aromatic heterocycles. The summed E-state index contributed by atoms with van der Waals surface area (Å²) >= 11 is 1.88. The third-order valence-corrected chi connectivity index (χ3v) is 7.78. The van der Waals surface area contributed by atoms with Crippen LogP contribution in [-0.4, -0.2) is 35.5 Å². The van der Waals surface area contributed by atoms with Crippen molar-refractivity contribution in [1.29, 1.82) is 0 Å². The number of aryl methyl sites for hydroxylation is 1. The van der Waals surface area contributed by atoms with E-state index in [0.717, 1.165) is 55.5 Å². The second kappa shape index (κ2) is 9.15. The van der Waals surface area contributed by atoms with Crippen LogP contribution in [0.4, 0.5) is 0 Å². The third kappa shape index (κ3) is 3.80. The average molecular weight is 422 g/mol. The summed E-state index contributed by atoms with van der Waals surface area (Å²) < 4.78 is 0. The zero-order chi connectivity index (χ0) is 21.1. The van der Waals surface area contributed by atoms with Crippen molar-refractivity contribution >= 4 is 22.6 Å². The summed E-state index contributed by atoms with van der Waals surface area (Å²) in [5.74, 6) is 1.10. The number of benzene rings is 1. The number of hydrogen-bond donors (Lipinski definition) is 1. The molecule has 0 saturated carbocycles. The maximum Gasteiger partial charge on any atom is 0.169 e. The van der Waals surface area contributed by atoms with Crippen molar-refractivity contribution < 1.29 is 0 Å². The number of thioether (sulfide) groups is 1. The molecule has 4 heteroatoms. The van der Waals surface area contributed by atoms with Gasteiger partial charge in [0.2, 0.25) is 0 Å². The van der Waals surface area contributed by atoms with Crippen LogP contribution >= 0.6 is 11.8 Å². The molecule has 1 saturated heterocycles. The minimum Gasteiger partial charge on any atom is -0.317 e. The molecule has 3 aliphatic rings. The standard InChI is InChI=1S/C26H35N3S/c1-5-8-9-15-30-25-28-24-22-11-10-20(7-3)16-21(22)17-26(12-13-27-18-26)23(24)19(4)29(25)14-6-2/h6,10-11,16,27H,2,4-5,7-9,12-15,17-18H2,1,3H3. The quantitative estimate of drug-likeness (QED) is 0.446. The van der Waals surface area contributed by atoms with E-state index < -0.39 is 0 Å². The Kier molecular flexibility index (Phi) is 6.54. The van der Waals surface area contributed by atoms with E-state index in [0.29, 0.717) is 0 Å². The lowest BCUT2D eigenvalue weighted by Gasteiger charge is -2.44. The first-order valence-electron chi connectivity index (χ1n) is 11.5. The van der Waals surface area contributed by atoms with Gasteiger partial charge < -0.3 is 10.2 Å². The Bertz CT molecular complexity index is 890. The molecule has 4 rings (SSSR count). The number of allylic oxidation sites excluding steroid dienone is 1. The molecule has 1 aromatic rings. The van der Waals surface area contributed by atoms with Gasteiger partial charge in [0.05, 0.1) is 5.70 Å². The van der Waals surface area contributed by atoms with Crippen LogP contribution in [0, 0.1) is 5.41 Å². The first-order valence-corrected chi connectivity index (χ1v) is 12.5. The molecule has 0 radical (unpaired) electrons. The Morgan fingerprint density at radius 2 is 2.17 bits per heavy atom. The normalized spacial score (nSPS) is 22.9. The maximum atomic E-state index is 5.32.